The van der Waals surface area contributed by atoms with Crippen LogP contribution in [0.1, 0.15) is 71.1 Å². The van der Waals surface area contributed by atoms with Crippen LogP contribution in [0.3, 0.4) is 0 Å². The van der Waals surface area contributed by atoms with E-state index in [9.17, 15) is 4.79 Å². The summed E-state index contributed by atoms with van der Waals surface area (Å²) in [5.41, 5.74) is 0. The third-order valence-corrected chi connectivity index (χ3v) is 4.91. The fourth-order valence-corrected chi connectivity index (χ4v) is 3.58. The van der Waals surface area contributed by atoms with E-state index in [4.69, 9.17) is 0 Å². The number of rotatable bonds is 5. The highest BCUT2D eigenvalue weighted by Gasteiger charge is 2.22. The van der Waals surface area contributed by atoms with Gasteiger partial charge in [-0.1, -0.05) is 38.5 Å². The Morgan fingerprint density at radius 2 is 1.58 bits per heavy atom. The molecular formula is C16H30N2O. The maximum atomic E-state index is 12.0. The summed E-state index contributed by atoms with van der Waals surface area (Å²) in [6.07, 6.45) is 13.0. The van der Waals surface area contributed by atoms with Crippen molar-refractivity contribution in [2.45, 2.75) is 83.2 Å². The second-order valence-corrected chi connectivity index (χ2v) is 6.47. The normalized spacial score (nSPS) is 24.1. The largest absolute Gasteiger partial charge is 0.352 e. The molecule has 3 nitrogen and oxygen atoms in total. The Bertz CT molecular complexity index is 266. The Labute approximate surface area is 117 Å². The van der Waals surface area contributed by atoms with Crippen molar-refractivity contribution in [3.05, 3.63) is 0 Å². The van der Waals surface area contributed by atoms with E-state index in [-0.39, 0.29) is 5.91 Å². The zero-order valence-electron chi connectivity index (χ0n) is 12.4. The van der Waals surface area contributed by atoms with Crippen LogP contribution in [0.15, 0.2) is 0 Å². The molecule has 1 unspecified atom stereocenters. The van der Waals surface area contributed by atoms with E-state index in [1.165, 1.54) is 64.2 Å². The molecule has 0 aromatic carbocycles. The number of amides is 1. The molecule has 2 N–H and O–H groups in total. The lowest BCUT2D eigenvalue weighted by Crippen LogP contribution is -2.44. The van der Waals surface area contributed by atoms with Crippen LogP contribution in [0.5, 0.6) is 0 Å². The zero-order valence-corrected chi connectivity index (χ0v) is 12.4. The highest BCUT2D eigenvalue weighted by Crippen LogP contribution is 2.27. The Kier molecular flexibility index (Phi) is 6.15. The molecule has 2 rings (SSSR count). The van der Waals surface area contributed by atoms with Gasteiger partial charge < -0.3 is 10.6 Å². The van der Waals surface area contributed by atoms with Crippen molar-refractivity contribution in [1.82, 2.24) is 10.6 Å². The predicted molar refractivity (Wildman–Crippen MR) is 79.1 cm³/mol. The number of nitrogens with one attached hydrogen (secondary N) is 2. The maximum absolute atomic E-state index is 12.0. The molecule has 0 aliphatic heterocycles. The van der Waals surface area contributed by atoms with Crippen LogP contribution >= 0.6 is 0 Å². The topological polar surface area (TPSA) is 41.1 Å². The highest BCUT2D eigenvalue weighted by molar-refractivity contribution is 5.78. The van der Waals surface area contributed by atoms with Crippen molar-refractivity contribution in [2.75, 3.05) is 6.54 Å². The second kappa shape index (κ2) is 7.88. The van der Waals surface area contributed by atoms with E-state index in [2.05, 4.69) is 17.6 Å². The van der Waals surface area contributed by atoms with Crippen LogP contribution in [-0.2, 0) is 4.79 Å². The molecule has 0 aromatic rings. The van der Waals surface area contributed by atoms with Gasteiger partial charge in [-0.15, -0.1) is 0 Å². The third-order valence-electron chi connectivity index (χ3n) is 4.91. The lowest BCUT2D eigenvalue weighted by atomic mass is 10.00. The standard InChI is InChI=1S/C16H30N2O/c1-13(14-8-6-7-9-14)17-12-16(19)18-15-10-4-2-3-5-11-15/h13-15,17H,2-12H2,1H3,(H,18,19). The summed E-state index contributed by atoms with van der Waals surface area (Å²) in [6, 6.07) is 0.918. The molecule has 1 amide bonds. The quantitative estimate of drug-likeness (QED) is 0.751. The van der Waals surface area contributed by atoms with Crippen LogP contribution in [0.4, 0.5) is 0 Å². The number of carbonyl (C=O) groups excluding carboxylic acids is 1. The molecule has 2 saturated carbocycles. The van der Waals surface area contributed by atoms with Gasteiger partial charge in [0, 0.05) is 12.1 Å². The molecule has 19 heavy (non-hydrogen) atoms. The van der Waals surface area contributed by atoms with Gasteiger partial charge in [-0.2, -0.15) is 0 Å². The fraction of sp³-hybridized carbons (Fsp3) is 0.938. The predicted octanol–water partition coefficient (Wildman–Crippen LogP) is 2.99. The highest BCUT2D eigenvalue weighted by atomic mass is 16.1. The Morgan fingerprint density at radius 3 is 2.21 bits per heavy atom. The molecule has 0 heterocycles. The minimum Gasteiger partial charge on any atom is -0.352 e. The fourth-order valence-electron chi connectivity index (χ4n) is 3.58. The molecule has 0 radical (unpaired) electrons. The minimum atomic E-state index is 0.191. The molecule has 0 aromatic heterocycles. The maximum Gasteiger partial charge on any atom is 0.234 e. The van der Waals surface area contributed by atoms with Gasteiger partial charge >= 0.3 is 0 Å². The summed E-state index contributed by atoms with van der Waals surface area (Å²) in [5.74, 6) is 0.974. The molecule has 2 aliphatic carbocycles. The number of hydrogen-bond acceptors (Lipinski definition) is 2. The molecular weight excluding hydrogens is 236 g/mol. The molecule has 2 fully saturated rings. The monoisotopic (exact) mass is 266 g/mol. The van der Waals surface area contributed by atoms with Gasteiger partial charge in [0.15, 0.2) is 0 Å². The number of carbonyl (C=O) groups is 1. The van der Waals surface area contributed by atoms with Crippen LogP contribution in [0, 0.1) is 5.92 Å². The molecule has 0 spiro atoms. The van der Waals surface area contributed by atoms with Crippen molar-refractivity contribution in [3.8, 4) is 0 Å². The van der Waals surface area contributed by atoms with Crippen molar-refractivity contribution in [2.24, 2.45) is 5.92 Å². The summed E-state index contributed by atoms with van der Waals surface area (Å²) in [5, 5.41) is 6.62. The van der Waals surface area contributed by atoms with Crippen LogP contribution < -0.4 is 10.6 Å². The average Bonchev–Trinajstić information content (AvgIpc) is 2.82. The molecule has 2 aliphatic rings. The van der Waals surface area contributed by atoms with Gasteiger partial charge in [-0.25, -0.2) is 0 Å². The average molecular weight is 266 g/mol. The molecule has 1 atom stereocenters. The first kappa shape index (κ1) is 14.8. The summed E-state index contributed by atoms with van der Waals surface area (Å²) < 4.78 is 0. The van der Waals surface area contributed by atoms with Gasteiger partial charge in [0.25, 0.3) is 0 Å². The second-order valence-electron chi connectivity index (χ2n) is 6.47. The summed E-state index contributed by atoms with van der Waals surface area (Å²) in [6.45, 7) is 2.73. The van der Waals surface area contributed by atoms with E-state index in [1.807, 2.05) is 0 Å². The minimum absolute atomic E-state index is 0.191. The molecule has 110 valence electrons. The SMILES string of the molecule is CC(NCC(=O)NC1CCCCCC1)C1CCCC1. The van der Waals surface area contributed by atoms with E-state index in [0.29, 0.717) is 18.6 Å². The van der Waals surface area contributed by atoms with Crippen molar-refractivity contribution in [3.63, 3.8) is 0 Å². The Morgan fingerprint density at radius 1 is 1.00 bits per heavy atom. The smallest absolute Gasteiger partial charge is 0.234 e. The van der Waals surface area contributed by atoms with Gasteiger partial charge in [0.05, 0.1) is 6.54 Å². The summed E-state index contributed by atoms with van der Waals surface area (Å²) in [7, 11) is 0. The first-order valence-corrected chi connectivity index (χ1v) is 8.28. The summed E-state index contributed by atoms with van der Waals surface area (Å²) >= 11 is 0. The number of hydrogen-bond donors (Lipinski definition) is 2. The van der Waals surface area contributed by atoms with Gasteiger partial charge in [-0.3, -0.25) is 4.79 Å². The van der Waals surface area contributed by atoms with Gasteiger partial charge in [-0.05, 0) is 38.5 Å². The third kappa shape index (κ3) is 5.13. The summed E-state index contributed by atoms with van der Waals surface area (Å²) in [4.78, 5) is 12.0. The van der Waals surface area contributed by atoms with Crippen LogP contribution in [0.2, 0.25) is 0 Å². The molecule has 3 heteroatoms. The zero-order chi connectivity index (χ0) is 13.5. The lowest BCUT2D eigenvalue weighted by Gasteiger charge is -2.21. The lowest BCUT2D eigenvalue weighted by molar-refractivity contribution is -0.121. The molecule has 0 bridgehead atoms. The first-order chi connectivity index (χ1) is 9.25. The van der Waals surface area contributed by atoms with Crippen LogP contribution in [0.25, 0.3) is 0 Å². The van der Waals surface area contributed by atoms with E-state index in [0.717, 1.165) is 5.92 Å². The Hall–Kier alpha value is -0.570. The first-order valence-electron chi connectivity index (χ1n) is 8.28. The molecule has 0 saturated heterocycles. The van der Waals surface area contributed by atoms with Crippen molar-refractivity contribution >= 4 is 5.91 Å². The van der Waals surface area contributed by atoms with Gasteiger partial charge in [0.2, 0.25) is 5.91 Å². The Balaban J connectivity index is 1.63. The van der Waals surface area contributed by atoms with Gasteiger partial charge in [0.1, 0.15) is 0 Å². The van der Waals surface area contributed by atoms with Crippen molar-refractivity contribution < 1.29 is 4.79 Å². The van der Waals surface area contributed by atoms with E-state index in [1.54, 1.807) is 0 Å². The van der Waals surface area contributed by atoms with Crippen LogP contribution in [-0.4, -0.2) is 24.5 Å². The van der Waals surface area contributed by atoms with E-state index >= 15 is 0 Å². The van der Waals surface area contributed by atoms with Crippen molar-refractivity contribution in [1.29, 1.82) is 0 Å². The van der Waals surface area contributed by atoms with E-state index < -0.39 is 0 Å².